The number of benzene rings is 1. The zero-order valence-corrected chi connectivity index (χ0v) is 10.2. The second-order valence-corrected chi connectivity index (χ2v) is 3.80. The van der Waals surface area contributed by atoms with Crippen LogP contribution in [0.2, 0.25) is 0 Å². The van der Waals surface area contributed by atoms with Crippen molar-refractivity contribution in [2.45, 2.75) is 26.3 Å². The van der Waals surface area contributed by atoms with Gasteiger partial charge in [-0.05, 0) is 18.6 Å². The maximum atomic E-state index is 11.5. The lowest BCUT2D eigenvalue weighted by Crippen LogP contribution is -2.14. The van der Waals surface area contributed by atoms with Gasteiger partial charge in [-0.2, -0.15) is 4.68 Å². The Hall–Kier alpha value is -2.28. The van der Waals surface area contributed by atoms with Crippen molar-refractivity contribution >= 4 is 0 Å². The van der Waals surface area contributed by atoms with E-state index in [9.17, 15) is 4.79 Å². The van der Waals surface area contributed by atoms with Gasteiger partial charge in [0.25, 0.3) is 0 Å². The van der Waals surface area contributed by atoms with Crippen molar-refractivity contribution in [3.8, 4) is 23.3 Å². The summed E-state index contributed by atoms with van der Waals surface area (Å²) in [5.74, 6) is 5.73. The molecule has 0 aliphatic rings. The number of aromatic nitrogens is 2. The van der Waals surface area contributed by atoms with E-state index in [1.54, 1.807) is 0 Å². The van der Waals surface area contributed by atoms with Crippen LogP contribution in [0, 0.1) is 11.8 Å². The van der Waals surface area contributed by atoms with E-state index in [0.717, 1.165) is 18.4 Å². The van der Waals surface area contributed by atoms with E-state index in [1.165, 1.54) is 4.68 Å². The maximum Gasteiger partial charge on any atom is 0.438 e. The molecule has 0 fully saturated rings. The number of unbranched alkanes of at least 4 members (excludes halogenated alkanes) is 1. The highest BCUT2D eigenvalue weighted by atomic mass is 16.4. The van der Waals surface area contributed by atoms with Crippen LogP contribution >= 0.6 is 0 Å². The maximum absolute atomic E-state index is 11.5. The Morgan fingerprint density at radius 2 is 2.06 bits per heavy atom. The van der Waals surface area contributed by atoms with Crippen molar-refractivity contribution in [3.05, 3.63) is 40.9 Å². The SMILES string of the molecule is CCCC#CCn1nc(-c2ccccc2)oc1=O. The molecule has 4 heteroatoms. The van der Waals surface area contributed by atoms with Gasteiger partial charge in [0.15, 0.2) is 0 Å². The molecule has 0 saturated carbocycles. The van der Waals surface area contributed by atoms with Gasteiger partial charge in [0.05, 0.1) is 0 Å². The molecule has 92 valence electrons. The Labute approximate surface area is 105 Å². The van der Waals surface area contributed by atoms with Crippen molar-refractivity contribution < 1.29 is 4.42 Å². The summed E-state index contributed by atoms with van der Waals surface area (Å²) in [5.41, 5.74) is 0.787. The predicted octanol–water partition coefficient (Wildman–Crippen LogP) is 2.31. The Kier molecular flexibility index (Phi) is 3.98. The molecule has 18 heavy (non-hydrogen) atoms. The monoisotopic (exact) mass is 242 g/mol. The van der Waals surface area contributed by atoms with E-state index < -0.39 is 5.76 Å². The van der Waals surface area contributed by atoms with Crippen molar-refractivity contribution in [1.29, 1.82) is 0 Å². The van der Waals surface area contributed by atoms with Crippen LogP contribution in [0.3, 0.4) is 0 Å². The van der Waals surface area contributed by atoms with E-state index in [-0.39, 0.29) is 6.54 Å². The van der Waals surface area contributed by atoms with Crippen molar-refractivity contribution in [2.75, 3.05) is 0 Å². The zero-order valence-electron chi connectivity index (χ0n) is 10.2. The molecule has 0 radical (unpaired) electrons. The number of hydrogen-bond donors (Lipinski definition) is 0. The van der Waals surface area contributed by atoms with Gasteiger partial charge < -0.3 is 4.42 Å². The van der Waals surface area contributed by atoms with E-state index >= 15 is 0 Å². The lowest BCUT2D eigenvalue weighted by molar-refractivity contribution is 0.499. The molecule has 2 rings (SSSR count). The lowest BCUT2D eigenvalue weighted by Gasteiger charge is -1.91. The third kappa shape index (κ3) is 2.89. The van der Waals surface area contributed by atoms with Crippen molar-refractivity contribution in [3.63, 3.8) is 0 Å². The van der Waals surface area contributed by atoms with Crippen LogP contribution in [0.5, 0.6) is 0 Å². The highest BCUT2D eigenvalue weighted by Crippen LogP contribution is 2.13. The fourth-order valence-electron chi connectivity index (χ4n) is 1.45. The van der Waals surface area contributed by atoms with Gasteiger partial charge in [0.1, 0.15) is 6.54 Å². The Balaban J connectivity index is 2.18. The van der Waals surface area contributed by atoms with Gasteiger partial charge in [0.2, 0.25) is 5.89 Å². The molecular formula is C14H14N2O2. The Morgan fingerprint density at radius 1 is 1.28 bits per heavy atom. The van der Waals surface area contributed by atoms with Crippen molar-refractivity contribution in [2.24, 2.45) is 0 Å². The third-order valence-corrected chi connectivity index (χ3v) is 2.36. The largest absolute Gasteiger partial charge is 0.438 e. The van der Waals surface area contributed by atoms with Crippen LogP contribution in [0.15, 0.2) is 39.5 Å². The van der Waals surface area contributed by atoms with Gasteiger partial charge in [-0.15, -0.1) is 11.0 Å². The smallest absolute Gasteiger partial charge is 0.388 e. The van der Waals surface area contributed by atoms with Crippen LogP contribution in [-0.4, -0.2) is 9.78 Å². The molecule has 1 aromatic carbocycles. The van der Waals surface area contributed by atoms with Crippen molar-refractivity contribution in [1.82, 2.24) is 9.78 Å². The lowest BCUT2D eigenvalue weighted by atomic mass is 10.2. The molecule has 2 aromatic rings. The normalized spacial score (nSPS) is 9.83. The van der Waals surface area contributed by atoms with Gasteiger partial charge in [-0.1, -0.05) is 31.0 Å². The summed E-state index contributed by atoms with van der Waals surface area (Å²) in [6.45, 7) is 2.33. The van der Waals surface area contributed by atoms with Crippen LogP contribution < -0.4 is 5.76 Å². The summed E-state index contributed by atoms with van der Waals surface area (Å²) in [5, 5.41) is 4.11. The Bertz CT molecular complexity index is 614. The van der Waals surface area contributed by atoms with Crippen LogP contribution in [0.1, 0.15) is 19.8 Å². The minimum atomic E-state index is -0.473. The van der Waals surface area contributed by atoms with Gasteiger partial charge >= 0.3 is 5.76 Å². The molecule has 0 saturated heterocycles. The summed E-state index contributed by atoms with van der Waals surface area (Å²) in [6, 6.07) is 9.33. The van der Waals surface area contributed by atoms with E-state index in [1.807, 2.05) is 30.3 Å². The van der Waals surface area contributed by atoms with E-state index in [2.05, 4.69) is 23.9 Å². The van der Waals surface area contributed by atoms with Crippen LogP contribution in [0.4, 0.5) is 0 Å². The summed E-state index contributed by atoms with van der Waals surface area (Å²) < 4.78 is 6.33. The summed E-state index contributed by atoms with van der Waals surface area (Å²) in [6.07, 6.45) is 1.84. The van der Waals surface area contributed by atoms with Gasteiger partial charge in [-0.25, -0.2) is 4.79 Å². The quantitative estimate of drug-likeness (QED) is 0.776. The van der Waals surface area contributed by atoms with Crippen LogP contribution in [0.25, 0.3) is 11.5 Å². The standard InChI is InChI=1S/C14H14N2O2/c1-2-3-4-8-11-16-14(17)18-13(15-16)12-9-6-5-7-10-12/h5-7,9-10H,2-3,11H2,1H3. The molecule has 0 spiro atoms. The summed E-state index contributed by atoms with van der Waals surface area (Å²) >= 11 is 0. The molecule has 1 aromatic heterocycles. The molecule has 0 N–H and O–H groups in total. The number of nitrogens with zero attached hydrogens (tertiary/aromatic N) is 2. The molecule has 1 heterocycles. The first-order chi connectivity index (χ1) is 8.81. The second kappa shape index (κ2) is 5.87. The highest BCUT2D eigenvalue weighted by Gasteiger charge is 2.08. The van der Waals surface area contributed by atoms with E-state index in [0.29, 0.717) is 5.89 Å². The van der Waals surface area contributed by atoms with Gasteiger partial charge in [-0.3, -0.25) is 0 Å². The molecule has 0 aliphatic heterocycles. The molecule has 0 aliphatic carbocycles. The summed E-state index contributed by atoms with van der Waals surface area (Å²) in [4.78, 5) is 11.5. The van der Waals surface area contributed by atoms with Gasteiger partial charge in [0, 0.05) is 12.0 Å². The Morgan fingerprint density at radius 3 is 2.78 bits per heavy atom. The molecule has 0 bridgehead atoms. The van der Waals surface area contributed by atoms with Crippen LogP contribution in [-0.2, 0) is 6.54 Å². The van der Waals surface area contributed by atoms with E-state index in [4.69, 9.17) is 4.42 Å². The molecular weight excluding hydrogens is 228 g/mol. The molecule has 0 atom stereocenters. The molecule has 0 unspecified atom stereocenters. The number of rotatable bonds is 3. The number of hydrogen-bond acceptors (Lipinski definition) is 3. The minimum absolute atomic E-state index is 0.273. The first-order valence-electron chi connectivity index (χ1n) is 5.90. The topological polar surface area (TPSA) is 48.0 Å². The molecule has 4 nitrogen and oxygen atoms in total. The highest BCUT2D eigenvalue weighted by molar-refractivity contribution is 5.51. The average molecular weight is 242 g/mol. The average Bonchev–Trinajstić information content (AvgIpc) is 2.77. The fourth-order valence-corrected chi connectivity index (χ4v) is 1.45. The first-order valence-corrected chi connectivity index (χ1v) is 5.90. The first kappa shape index (κ1) is 12.2. The fraction of sp³-hybridized carbons (Fsp3) is 0.286. The predicted molar refractivity (Wildman–Crippen MR) is 68.9 cm³/mol. The summed E-state index contributed by atoms with van der Waals surface area (Å²) in [7, 11) is 0. The molecule has 0 amide bonds. The second-order valence-electron chi connectivity index (χ2n) is 3.80. The zero-order chi connectivity index (χ0) is 12.8. The third-order valence-electron chi connectivity index (χ3n) is 2.36. The minimum Gasteiger partial charge on any atom is -0.388 e.